The quantitative estimate of drug-likeness (QED) is 0.162. The first-order valence-corrected chi connectivity index (χ1v) is 20.1. The molecule has 2 nitrogen and oxygen atoms in total. The number of furan rings is 1. The molecule has 10 rings (SSSR count). The molecular weight excluding hydrogens is 703 g/mol. The van der Waals surface area contributed by atoms with E-state index >= 15 is 0 Å². The van der Waals surface area contributed by atoms with Gasteiger partial charge in [0.1, 0.15) is 11.2 Å². The molecule has 0 N–H and O–H groups in total. The molecule has 0 aliphatic carbocycles. The smallest absolute Gasteiger partial charge is 0.143 e. The summed E-state index contributed by atoms with van der Waals surface area (Å²) >= 11 is 0. The van der Waals surface area contributed by atoms with E-state index in [1.54, 1.807) is 0 Å². The van der Waals surface area contributed by atoms with Gasteiger partial charge in [0.25, 0.3) is 0 Å². The number of benzene rings is 9. The van der Waals surface area contributed by atoms with Gasteiger partial charge in [0.05, 0.1) is 0 Å². The lowest BCUT2D eigenvalue weighted by Gasteiger charge is -2.26. The van der Waals surface area contributed by atoms with Gasteiger partial charge in [-0.15, -0.1) is 0 Å². The van der Waals surface area contributed by atoms with E-state index in [9.17, 15) is 0 Å². The molecule has 0 spiro atoms. The number of nitrogens with zero attached hydrogens (tertiary/aromatic N) is 1. The Hall–Kier alpha value is -7.16. The minimum Gasteiger partial charge on any atom is -0.455 e. The van der Waals surface area contributed by atoms with E-state index in [0.717, 1.165) is 50.1 Å². The van der Waals surface area contributed by atoms with Crippen molar-refractivity contribution in [3.8, 4) is 44.5 Å². The molecule has 278 valence electrons. The summed E-state index contributed by atoms with van der Waals surface area (Å²) in [6, 6.07) is 74.3. The van der Waals surface area contributed by atoms with Crippen LogP contribution in [-0.4, -0.2) is 0 Å². The standard InChI is InChI=1S/C56H43NO/c1-56(2,3)52-20-10-15-44-14-9-17-48(54(44)52)42-24-22-39(23-25-42)41-28-34-46(35-29-41)57(45-32-26-40(27-33-45)38-12-5-4-6-13-38)47-36-30-43(31-37-47)49-18-11-19-51-50-16-7-8-21-53(50)58-55(49)51/h4-37H,1-3H3. The maximum Gasteiger partial charge on any atom is 0.143 e. The second-order valence-electron chi connectivity index (χ2n) is 16.2. The van der Waals surface area contributed by atoms with Crippen molar-refractivity contribution in [1.82, 2.24) is 0 Å². The first-order valence-electron chi connectivity index (χ1n) is 20.1. The molecule has 0 amide bonds. The largest absolute Gasteiger partial charge is 0.455 e. The fraction of sp³-hybridized carbons (Fsp3) is 0.0714. The van der Waals surface area contributed by atoms with Crippen molar-refractivity contribution in [3.63, 3.8) is 0 Å². The fourth-order valence-electron chi connectivity index (χ4n) is 8.50. The van der Waals surface area contributed by atoms with Crippen molar-refractivity contribution in [1.29, 1.82) is 0 Å². The molecule has 1 heterocycles. The van der Waals surface area contributed by atoms with Crippen LogP contribution < -0.4 is 4.90 Å². The van der Waals surface area contributed by atoms with Crippen LogP contribution in [-0.2, 0) is 5.41 Å². The second-order valence-corrected chi connectivity index (χ2v) is 16.2. The normalized spacial score (nSPS) is 11.7. The minimum atomic E-state index is 0.0429. The van der Waals surface area contributed by atoms with Crippen LogP contribution in [0.3, 0.4) is 0 Å². The third kappa shape index (κ3) is 6.43. The highest BCUT2D eigenvalue weighted by Gasteiger charge is 2.20. The molecule has 0 saturated carbocycles. The maximum absolute atomic E-state index is 6.40. The third-order valence-electron chi connectivity index (χ3n) is 11.4. The van der Waals surface area contributed by atoms with Crippen molar-refractivity contribution in [2.24, 2.45) is 0 Å². The molecule has 0 fully saturated rings. The summed E-state index contributed by atoms with van der Waals surface area (Å²) in [4.78, 5) is 2.33. The number of para-hydroxylation sites is 2. The number of anilines is 3. The average molecular weight is 746 g/mol. The first-order chi connectivity index (χ1) is 28.4. The lowest BCUT2D eigenvalue weighted by atomic mass is 9.81. The molecule has 9 aromatic carbocycles. The predicted molar refractivity (Wildman–Crippen MR) is 246 cm³/mol. The summed E-state index contributed by atoms with van der Waals surface area (Å²) in [5.41, 5.74) is 16.0. The summed E-state index contributed by atoms with van der Waals surface area (Å²) < 4.78 is 6.40. The van der Waals surface area contributed by atoms with Crippen LogP contribution in [0.2, 0.25) is 0 Å². The molecule has 1 aromatic heterocycles. The summed E-state index contributed by atoms with van der Waals surface area (Å²) in [7, 11) is 0. The molecule has 0 aliphatic rings. The van der Waals surface area contributed by atoms with Crippen molar-refractivity contribution >= 4 is 49.8 Å². The van der Waals surface area contributed by atoms with Gasteiger partial charge in [-0.1, -0.05) is 185 Å². The van der Waals surface area contributed by atoms with Crippen LogP contribution in [0.1, 0.15) is 26.3 Å². The van der Waals surface area contributed by atoms with E-state index in [1.807, 2.05) is 12.1 Å². The molecule has 0 saturated heterocycles. The van der Waals surface area contributed by atoms with Crippen molar-refractivity contribution in [2.45, 2.75) is 26.2 Å². The fourth-order valence-corrected chi connectivity index (χ4v) is 8.50. The van der Waals surface area contributed by atoms with Crippen molar-refractivity contribution < 1.29 is 4.42 Å². The van der Waals surface area contributed by atoms with Gasteiger partial charge < -0.3 is 9.32 Å². The molecule has 0 bridgehead atoms. The van der Waals surface area contributed by atoms with E-state index in [0.29, 0.717) is 0 Å². The van der Waals surface area contributed by atoms with Gasteiger partial charge in [0.2, 0.25) is 0 Å². The van der Waals surface area contributed by atoms with Gasteiger partial charge in [-0.2, -0.15) is 0 Å². The SMILES string of the molecule is CC(C)(C)c1cccc2cccc(-c3ccc(-c4ccc(N(c5ccc(-c6ccccc6)cc5)c5ccc(-c6cccc7c6oc6ccccc67)cc5)cc4)cc3)c12. The number of hydrogen-bond donors (Lipinski definition) is 0. The molecule has 0 radical (unpaired) electrons. The topological polar surface area (TPSA) is 16.4 Å². The van der Waals surface area contributed by atoms with Crippen LogP contribution in [0, 0.1) is 0 Å². The summed E-state index contributed by atoms with van der Waals surface area (Å²) in [5, 5.41) is 4.89. The average Bonchev–Trinajstić information content (AvgIpc) is 3.66. The lowest BCUT2D eigenvalue weighted by molar-refractivity contribution is 0.596. The molecule has 0 atom stereocenters. The Morgan fingerprint density at radius 2 is 0.810 bits per heavy atom. The van der Waals surface area contributed by atoms with Gasteiger partial charge in [-0.25, -0.2) is 0 Å². The van der Waals surface area contributed by atoms with Gasteiger partial charge >= 0.3 is 0 Å². The number of hydrogen-bond acceptors (Lipinski definition) is 2. The maximum atomic E-state index is 6.40. The Kier molecular flexibility index (Phi) is 8.76. The van der Waals surface area contributed by atoms with Crippen LogP contribution in [0.4, 0.5) is 17.1 Å². The Balaban J connectivity index is 0.996. The Bertz CT molecular complexity index is 3040. The van der Waals surface area contributed by atoms with E-state index in [-0.39, 0.29) is 5.41 Å². The number of rotatable bonds is 7. The van der Waals surface area contributed by atoms with Crippen LogP contribution in [0.15, 0.2) is 211 Å². The monoisotopic (exact) mass is 745 g/mol. The molecule has 58 heavy (non-hydrogen) atoms. The molecule has 2 heteroatoms. The molecule has 10 aromatic rings. The summed E-state index contributed by atoms with van der Waals surface area (Å²) in [6.45, 7) is 6.89. The summed E-state index contributed by atoms with van der Waals surface area (Å²) in [6.07, 6.45) is 0. The zero-order valence-electron chi connectivity index (χ0n) is 33.0. The highest BCUT2D eigenvalue weighted by molar-refractivity contribution is 6.09. The predicted octanol–water partition coefficient (Wildman–Crippen LogP) is 16.2. The molecule has 0 unspecified atom stereocenters. The van der Waals surface area contributed by atoms with E-state index in [4.69, 9.17) is 4.42 Å². The van der Waals surface area contributed by atoms with Gasteiger partial charge in [0, 0.05) is 33.4 Å². The van der Waals surface area contributed by atoms with Gasteiger partial charge in [-0.05, 0) is 103 Å². The Morgan fingerprint density at radius 1 is 0.362 bits per heavy atom. The van der Waals surface area contributed by atoms with Crippen LogP contribution in [0.5, 0.6) is 0 Å². The van der Waals surface area contributed by atoms with Crippen molar-refractivity contribution in [2.75, 3.05) is 4.90 Å². The van der Waals surface area contributed by atoms with E-state index < -0.39 is 0 Å². The third-order valence-corrected chi connectivity index (χ3v) is 11.4. The molecular formula is C56H43NO. The Labute approximate surface area is 340 Å². The summed E-state index contributed by atoms with van der Waals surface area (Å²) in [5.74, 6) is 0. The van der Waals surface area contributed by atoms with Crippen LogP contribution in [0.25, 0.3) is 77.2 Å². The van der Waals surface area contributed by atoms with Crippen LogP contribution >= 0.6 is 0 Å². The van der Waals surface area contributed by atoms with Gasteiger partial charge in [-0.3, -0.25) is 0 Å². The van der Waals surface area contributed by atoms with E-state index in [2.05, 4.69) is 220 Å². The first kappa shape index (κ1) is 35.3. The zero-order chi connectivity index (χ0) is 39.2. The second kappa shape index (κ2) is 14.4. The lowest BCUT2D eigenvalue weighted by Crippen LogP contribution is -2.11. The zero-order valence-corrected chi connectivity index (χ0v) is 33.0. The Morgan fingerprint density at radius 3 is 1.43 bits per heavy atom. The highest BCUT2D eigenvalue weighted by atomic mass is 16.3. The highest BCUT2D eigenvalue weighted by Crippen LogP contribution is 2.41. The molecule has 0 aliphatic heterocycles. The van der Waals surface area contributed by atoms with E-state index in [1.165, 1.54) is 49.7 Å². The van der Waals surface area contributed by atoms with Gasteiger partial charge in [0.15, 0.2) is 0 Å². The number of fused-ring (bicyclic) bond motifs is 4. The van der Waals surface area contributed by atoms with Crippen molar-refractivity contribution in [3.05, 3.63) is 212 Å². The minimum absolute atomic E-state index is 0.0429.